The number of carbonyl (C=O) groups is 1. The number of anilines is 2. The van der Waals surface area contributed by atoms with E-state index in [9.17, 15) is 15.0 Å². The van der Waals surface area contributed by atoms with Crippen LogP contribution in [0.5, 0.6) is 29.0 Å². The van der Waals surface area contributed by atoms with Gasteiger partial charge in [-0.05, 0) is 29.8 Å². The molecule has 0 saturated heterocycles. The highest BCUT2D eigenvalue weighted by Gasteiger charge is 2.55. The second kappa shape index (κ2) is 7.47. The number of halogens is 1. The van der Waals surface area contributed by atoms with Crippen molar-refractivity contribution in [3.05, 3.63) is 82.1 Å². The average Bonchev–Trinajstić information content (AvgIpc) is 3.11. The van der Waals surface area contributed by atoms with Crippen molar-refractivity contribution in [1.82, 2.24) is 15.0 Å². The van der Waals surface area contributed by atoms with Crippen LogP contribution < -0.4 is 14.8 Å². The Balaban J connectivity index is 1.65. The van der Waals surface area contributed by atoms with Crippen molar-refractivity contribution in [3.8, 4) is 29.0 Å². The largest absolute Gasteiger partial charge is 0.508 e. The maximum Gasteiger partial charge on any atom is 0.340 e. The molecule has 2 aliphatic rings. The number of hydrogen-bond donors (Lipinski definition) is 3. The lowest BCUT2D eigenvalue weighted by atomic mass is 9.77. The van der Waals surface area contributed by atoms with Gasteiger partial charge in [-0.2, -0.15) is 15.0 Å². The van der Waals surface area contributed by atoms with Crippen molar-refractivity contribution in [2.45, 2.75) is 5.60 Å². The fourth-order valence-electron chi connectivity index (χ4n) is 4.49. The van der Waals surface area contributed by atoms with Gasteiger partial charge in [0, 0.05) is 29.3 Å². The third kappa shape index (κ3) is 3.11. The van der Waals surface area contributed by atoms with Gasteiger partial charge in [-0.3, -0.25) is 0 Å². The van der Waals surface area contributed by atoms with E-state index in [1.54, 1.807) is 30.3 Å². The topological polar surface area (TPSA) is 136 Å². The Morgan fingerprint density at radius 2 is 1.77 bits per heavy atom. The third-order valence-corrected chi connectivity index (χ3v) is 5.96. The molecule has 1 unspecified atom stereocenters. The minimum absolute atomic E-state index is 0.0223. The van der Waals surface area contributed by atoms with Gasteiger partial charge in [0.25, 0.3) is 0 Å². The van der Waals surface area contributed by atoms with E-state index < -0.39 is 11.6 Å². The van der Waals surface area contributed by atoms with E-state index in [0.717, 1.165) is 0 Å². The maximum atomic E-state index is 13.0. The first kappa shape index (κ1) is 21.0. The quantitative estimate of drug-likeness (QED) is 0.357. The molecule has 0 aliphatic carbocycles. The van der Waals surface area contributed by atoms with Gasteiger partial charge in [0.2, 0.25) is 11.2 Å². The summed E-state index contributed by atoms with van der Waals surface area (Å²) in [6.07, 6.45) is 0. The van der Waals surface area contributed by atoms with Crippen molar-refractivity contribution < 1.29 is 29.2 Å². The summed E-state index contributed by atoms with van der Waals surface area (Å²) in [4.78, 5) is 25.1. The standard InChI is InChI=1S/C24H15ClN4O6/c1-33-23-28-21(25)27-22(29-23)26-16-8-12(31)10-18-19(16)24(15-7-6-11(30)9-17(15)34-18)14-5-3-2-4-13(14)20(32)35-24/h2-10,30-31H,1H3,(H,26,27,28,29). The molecular formula is C24H15ClN4O6. The molecular weight excluding hydrogens is 476 g/mol. The van der Waals surface area contributed by atoms with Crippen LogP contribution >= 0.6 is 11.6 Å². The van der Waals surface area contributed by atoms with Crippen LogP contribution in [-0.2, 0) is 10.3 Å². The molecule has 0 saturated carbocycles. The van der Waals surface area contributed by atoms with Crippen molar-refractivity contribution in [2.24, 2.45) is 0 Å². The lowest BCUT2D eigenvalue weighted by Gasteiger charge is -2.37. The molecule has 6 rings (SSSR count). The molecule has 1 atom stereocenters. The molecule has 174 valence electrons. The summed E-state index contributed by atoms with van der Waals surface area (Å²) in [7, 11) is 1.38. The van der Waals surface area contributed by atoms with E-state index in [0.29, 0.717) is 22.3 Å². The number of esters is 1. The molecule has 0 fully saturated rings. The number of phenolic OH excluding ortho intramolecular Hbond substituents is 2. The number of methoxy groups -OCH3 is 1. The van der Waals surface area contributed by atoms with Crippen LogP contribution in [0, 0.1) is 0 Å². The predicted octanol–water partition coefficient (Wildman–Crippen LogP) is 4.26. The first-order chi connectivity index (χ1) is 16.9. The summed E-state index contributed by atoms with van der Waals surface area (Å²) in [5.41, 5.74) is 0.655. The summed E-state index contributed by atoms with van der Waals surface area (Å²) >= 11 is 6.01. The van der Waals surface area contributed by atoms with Gasteiger partial charge in [-0.1, -0.05) is 18.2 Å². The summed E-state index contributed by atoms with van der Waals surface area (Å²) < 4.78 is 17.2. The molecule has 0 amide bonds. The summed E-state index contributed by atoms with van der Waals surface area (Å²) in [5.74, 6) is -0.221. The van der Waals surface area contributed by atoms with Crippen molar-refractivity contribution >= 4 is 29.2 Å². The average molecular weight is 491 g/mol. The molecule has 3 aromatic carbocycles. The fraction of sp³-hybridized carbons (Fsp3) is 0.0833. The number of phenols is 2. The molecule has 2 aliphatic heterocycles. The van der Waals surface area contributed by atoms with Crippen molar-refractivity contribution in [3.63, 3.8) is 0 Å². The number of aromatic hydroxyl groups is 2. The number of carbonyl (C=O) groups excluding carboxylic acids is 1. The van der Waals surface area contributed by atoms with Crippen LogP contribution in [0.1, 0.15) is 27.0 Å². The first-order valence-corrected chi connectivity index (χ1v) is 10.7. The number of fused-ring (bicyclic) bond motifs is 6. The van der Waals surface area contributed by atoms with Gasteiger partial charge in [0.15, 0.2) is 5.60 Å². The molecule has 1 spiro atoms. The summed E-state index contributed by atoms with van der Waals surface area (Å²) in [5, 5.41) is 23.5. The second-order valence-corrected chi connectivity index (χ2v) is 8.14. The van der Waals surface area contributed by atoms with E-state index in [1.807, 2.05) is 0 Å². The molecule has 4 aromatic rings. The number of aromatic nitrogens is 3. The maximum absolute atomic E-state index is 13.0. The molecule has 35 heavy (non-hydrogen) atoms. The highest BCUT2D eigenvalue weighted by atomic mass is 35.5. The van der Waals surface area contributed by atoms with Crippen LogP contribution in [0.4, 0.5) is 11.6 Å². The minimum Gasteiger partial charge on any atom is -0.508 e. The Bertz CT molecular complexity index is 1540. The van der Waals surface area contributed by atoms with E-state index >= 15 is 0 Å². The SMILES string of the molecule is COc1nc(Cl)nc(Nc2cc(O)cc3c2C2(OC(=O)c4ccccc42)c2ccc(O)cc2O3)n1. The van der Waals surface area contributed by atoms with E-state index in [2.05, 4.69) is 20.3 Å². The zero-order valence-corrected chi connectivity index (χ0v) is 18.7. The number of rotatable bonds is 3. The van der Waals surface area contributed by atoms with E-state index in [4.69, 9.17) is 25.8 Å². The second-order valence-electron chi connectivity index (χ2n) is 7.81. The molecule has 11 heteroatoms. The molecule has 3 N–H and O–H groups in total. The van der Waals surface area contributed by atoms with E-state index in [1.165, 1.54) is 31.4 Å². The van der Waals surface area contributed by atoms with Crippen molar-refractivity contribution in [2.75, 3.05) is 12.4 Å². The smallest absolute Gasteiger partial charge is 0.340 e. The zero-order chi connectivity index (χ0) is 24.3. The number of nitrogens with one attached hydrogen (secondary N) is 1. The number of nitrogens with zero attached hydrogens (tertiary/aromatic N) is 3. The van der Waals surface area contributed by atoms with Gasteiger partial charge in [0.05, 0.1) is 23.9 Å². The van der Waals surface area contributed by atoms with Gasteiger partial charge in [-0.25, -0.2) is 4.79 Å². The van der Waals surface area contributed by atoms with Gasteiger partial charge >= 0.3 is 12.0 Å². The highest BCUT2D eigenvalue weighted by Crippen LogP contribution is 2.59. The van der Waals surface area contributed by atoms with Crippen LogP contribution in [0.15, 0.2) is 54.6 Å². The molecule has 1 aromatic heterocycles. The Hall–Kier alpha value is -4.57. The predicted molar refractivity (Wildman–Crippen MR) is 123 cm³/mol. The number of benzene rings is 3. The van der Waals surface area contributed by atoms with Gasteiger partial charge in [-0.15, -0.1) is 0 Å². The summed E-state index contributed by atoms with van der Waals surface area (Å²) in [6.45, 7) is 0. The Morgan fingerprint density at radius 1 is 0.971 bits per heavy atom. The number of hydrogen-bond acceptors (Lipinski definition) is 10. The third-order valence-electron chi connectivity index (χ3n) is 5.79. The molecule has 0 bridgehead atoms. The molecule has 3 heterocycles. The van der Waals surface area contributed by atoms with Crippen molar-refractivity contribution in [1.29, 1.82) is 0 Å². The van der Waals surface area contributed by atoms with Crippen LogP contribution in [0.2, 0.25) is 5.28 Å². The summed E-state index contributed by atoms with van der Waals surface area (Å²) in [6, 6.07) is 14.3. The zero-order valence-electron chi connectivity index (χ0n) is 17.9. The normalized spacial score (nSPS) is 17.1. The molecule has 0 radical (unpaired) electrons. The highest BCUT2D eigenvalue weighted by molar-refractivity contribution is 6.28. The lowest BCUT2D eigenvalue weighted by molar-refractivity contribution is 0.0226. The van der Waals surface area contributed by atoms with E-state index in [-0.39, 0.29) is 45.9 Å². The van der Waals surface area contributed by atoms with Crippen LogP contribution in [-0.4, -0.2) is 38.2 Å². The first-order valence-electron chi connectivity index (χ1n) is 10.3. The Labute approximate surface area is 202 Å². The molecule has 10 nitrogen and oxygen atoms in total. The lowest BCUT2D eigenvalue weighted by Crippen LogP contribution is -2.33. The fourth-order valence-corrected chi connectivity index (χ4v) is 4.64. The van der Waals surface area contributed by atoms with Crippen LogP contribution in [0.25, 0.3) is 0 Å². The van der Waals surface area contributed by atoms with Gasteiger partial charge < -0.3 is 29.7 Å². The Morgan fingerprint density at radius 3 is 2.60 bits per heavy atom. The van der Waals surface area contributed by atoms with Gasteiger partial charge in [0.1, 0.15) is 23.0 Å². The Kier molecular flexibility index (Phi) is 4.48. The minimum atomic E-state index is -1.46. The monoisotopic (exact) mass is 490 g/mol. The number of ether oxygens (including phenoxy) is 3. The van der Waals surface area contributed by atoms with Crippen LogP contribution in [0.3, 0.4) is 0 Å².